The molecule has 0 saturated carbocycles. The smallest absolute Gasteiger partial charge is 0.413 e. The predicted octanol–water partition coefficient (Wildman–Crippen LogP) is 2.47. The molecule has 0 spiro atoms. The molecule has 2 heterocycles. The van der Waals surface area contributed by atoms with E-state index in [-0.39, 0.29) is 13.2 Å². The molecular formula is C16H19N3O4S. The molecule has 2 amide bonds. The number of nitrogens with one attached hydrogen (secondary N) is 1. The lowest BCUT2D eigenvalue weighted by Crippen LogP contribution is -2.34. The van der Waals surface area contributed by atoms with E-state index in [9.17, 15) is 9.59 Å². The number of aromatic nitrogens is 2. The van der Waals surface area contributed by atoms with Gasteiger partial charge in [0.25, 0.3) is 5.91 Å². The number of hydrogen-bond donors (Lipinski definition) is 1. The Balaban J connectivity index is 1.75. The molecule has 2 aromatic rings. The highest BCUT2D eigenvalue weighted by Gasteiger charge is 2.24. The van der Waals surface area contributed by atoms with Crippen LogP contribution in [0.15, 0.2) is 6.33 Å². The van der Waals surface area contributed by atoms with Crippen molar-refractivity contribution in [2.24, 2.45) is 5.92 Å². The Bertz CT molecular complexity index is 774. The van der Waals surface area contributed by atoms with Gasteiger partial charge in [-0.05, 0) is 37.7 Å². The van der Waals surface area contributed by atoms with Gasteiger partial charge in [0.05, 0.1) is 12.0 Å². The summed E-state index contributed by atoms with van der Waals surface area (Å²) < 4.78 is 10.2. The third-order valence-corrected chi connectivity index (χ3v) is 5.08. The van der Waals surface area contributed by atoms with Gasteiger partial charge in [0.2, 0.25) is 5.88 Å². The van der Waals surface area contributed by atoms with Crippen molar-refractivity contribution in [1.29, 1.82) is 0 Å². The fraction of sp³-hybridized carbons (Fsp3) is 0.500. The average Bonchev–Trinajstić information content (AvgIpc) is 2.90. The summed E-state index contributed by atoms with van der Waals surface area (Å²) in [5.74, 6) is 0.488. The highest BCUT2D eigenvalue weighted by atomic mass is 32.1. The van der Waals surface area contributed by atoms with E-state index in [0.29, 0.717) is 11.8 Å². The number of fused-ring (bicyclic) bond motifs is 3. The van der Waals surface area contributed by atoms with Gasteiger partial charge >= 0.3 is 6.09 Å². The van der Waals surface area contributed by atoms with Crippen LogP contribution >= 0.6 is 11.3 Å². The molecule has 1 atom stereocenters. The highest BCUT2D eigenvalue weighted by Crippen LogP contribution is 2.40. The fourth-order valence-electron chi connectivity index (χ4n) is 2.81. The van der Waals surface area contributed by atoms with Gasteiger partial charge < -0.3 is 9.47 Å². The van der Waals surface area contributed by atoms with E-state index in [1.807, 2.05) is 0 Å². The Labute approximate surface area is 143 Å². The normalized spacial score (nSPS) is 16.5. The summed E-state index contributed by atoms with van der Waals surface area (Å²) in [5, 5.41) is 2.99. The van der Waals surface area contributed by atoms with E-state index in [4.69, 9.17) is 4.74 Å². The van der Waals surface area contributed by atoms with Gasteiger partial charge in [-0.3, -0.25) is 10.1 Å². The van der Waals surface area contributed by atoms with Crippen molar-refractivity contribution in [2.45, 2.75) is 33.1 Å². The molecular weight excluding hydrogens is 330 g/mol. The van der Waals surface area contributed by atoms with Crippen LogP contribution in [0.25, 0.3) is 10.2 Å². The van der Waals surface area contributed by atoms with Gasteiger partial charge in [0, 0.05) is 4.88 Å². The first-order valence-electron chi connectivity index (χ1n) is 7.93. The first-order chi connectivity index (χ1) is 11.6. The molecule has 0 fully saturated rings. The third-order valence-electron chi connectivity index (χ3n) is 3.91. The van der Waals surface area contributed by atoms with Gasteiger partial charge in [0.1, 0.15) is 11.2 Å². The van der Waals surface area contributed by atoms with E-state index in [1.165, 1.54) is 16.8 Å². The van der Waals surface area contributed by atoms with Crippen LogP contribution in [0.3, 0.4) is 0 Å². The van der Waals surface area contributed by atoms with E-state index in [0.717, 1.165) is 29.5 Å². The van der Waals surface area contributed by atoms with Crippen LogP contribution in [0.2, 0.25) is 0 Å². The first-order valence-corrected chi connectivity index (χ1v) is 8.74. The first kappa shape index (κ1) is 16.6. The number of hydrogen-bond acceptors (Lipinski definition) is 7. The van der Waals surface area contributed by atoms with Crippen LogP contribution in [-0.2, 0) is 22.4 Å². The molecule has 3 rings (SSSR count). The van der Waals surface area contributed by atoms with Crippen LogP contribution in [-0.4, -0.2) is 35.2 Å². The monoisotopic (exact) mass is 349 g/mol. The molecule has 8 heteroatoms. The second-order valence-electron chi connectivity index (χ2n) is 5.77. The van der Waals surface area contributed by atoms with Crippen LogP contribution in [0.1, 0.15) is 30.7 Å². The van der Waals surface area contributed by atoms with Gasteiger partial charge in [-0.25, -0.2) is 14.8 Å². The second-order valence-corrected chi connectivity index (χ2v) is 6.85. The van der Waals surface area contributed by atoms with Crippen LogP contribution in [0.5, 0.6) is 5.88 Å². The maximum Gasteiger partial charge on any atom is 0.413 e. The van der Waals surface area contributed by atoms with E-state index >= 15 is 0 Å². The van der Waals surface area contributed by atoms with Gasteiger partial charge in [-0.1, -0.05) is 6.92 Å². The molecule has 128 valence electrons. The summed E-state index contributed by atoms with van der Waals surface area (Å²) in [7, 11) is 0. The average molecular weight is 349 g/mol. The minimum Gasteiger partial charge on any atom is -0.467 e. The van der Waals surface area contributed by atoms with Gasteiger partial charge in [0.15, 0.2) is 6.61 Å². The number of carbonyl (C=O) groups excluding carboxylic acids is 2. The van der Waals surface area contributed by atoms with E-state index in [1.54, 1.807) is 18.3 Å². The number of alkyl carbamates (subject to hydrolysis) is 1. The highest BCUT2D eigenvalue weighted by molar-refractivity contribution is 7.18. The molecule has 24 heavy (non-hydrogen) atoms. The van der Waals surface area contributed by atoms with Crippen molar-refractivity contribution in [3.8, 4) is 5.88 Å². The van der Waals surface area contributed by atoms with Crippen molar-refractivity contribution >= 4 is 33.6 Å². The Morgan fingerprint density at radius 2 is 2.25 bits per heavy atom. The topological polar surface area (TPSA) is 90.4 Å². The zero-order chi connectivity index (χ0) is 17.1. The number of imide groups is 1. The quantitative estimate of drug-likeness (QED) is 0.912. The number of aryl methyl sites for hydroxylation is 1. The molecule has 2 aromatic heterocycles. The molecule has 1 unspecified atom stereocenters. The summed E-state index contributed by atoms with van der Waals surface area (Å²) in [5.41, 5.74) is 1.23. The molecule has 7 nitrogen and oxygen atoms in total. The molecule has 0 aliphatic heterocycles. The lowest BCUT2D eigenvalue weighted by molar-refractivity contribution is -0.122. The number of nitrogens with zero attached hydrogens (tertiary/aromatic N) is 2. The predicted molar refractivity (Wildman–Crippen MR) is 89.3 cm³/mol. The molecule has 0 saturated heterocycles. The summed E-state index contributed by atoms with van der Waals surface area (Å²) >= 11 is 1.66. The summed E-state index contributed by atoms with van der Waals surface area (Å²) in [6.45, 7) is 3.81. The summed E-state index contributed by atoms with van der Waals surface area (Å²) in [6, 6.07) is 0. The molecule has 0 radical (unpaired) electrons. The molecule has 0 bridgehead atoms. The molecule has 0 aromatic carbocycles. The Kier molecular flexibility index (Phi) is 4.94. The zero-order valence-corrected chi connectivity index (χ0v) is 14.4. The zero-order valence-electron chi connectivity index (χ0n) is 13.6. The van der Waals surface area contributed by atoms with Gasteiger partial charge in [-0.2, -0.15) is 0 Å². The molecule has 1 aliphatic carbocycles. The Hall–Kier alpha value is -2.22. The van der Waals surface area contributed by atoms with Crippen molar-refractivity contribution in [3.63, 3.8) is 0 Å². The number of ether oxygens (including phenoxy) is 2. The Morgan fingerprint density at radius 3 is 3.04 bits per heavy atom. The standard InChI is InChI=1S/C16H19N3O4S/c1-3-22-16(21)19-12(20)7-23-14-13-10-5-4-9(2)6-11(10)24-15(13)18-8-17-14/h8-9H,3-7H2,1-2H3,(H,19,20,21). The van der Waals surface area contributed by atoms with Crippen LogP contribution in [0, 0.1) is 5.92 Å². The number of thiophene rings is 1. The number of carbonyl (C=O) groups is 2. The van der Waals surface area contributed by atoms with Crippen LogP contribution < -0.4 is 10.1 Å². The maximum atomic E-state index is 11.7. The van der Waals surface area contributed by atoms with Crippen molar-refractivity contribution in [2.75, 3.05) is 13.2 Å². The van der Waals surface area contributed by atoms with Crippen LogP contribution in [0.4, 0.5) is 4.79 Å². The molecule has 1 aliphatic rings. The minimum atomic E-state index is -0.777. The van der Waals surface area contributed by atoms with Crippen molar-refractivity contribution < 1.29 is 19.1 Å². The summed E-state index contributed by atoms with van der Waals surface area (Å²) in [4.78, 5) is 33.7. The minimum absolute atomic E-state index is 0.200. The number of amides is 2. The lowest BCUT2D eigenvalue weighted by Gasteiger charge is -2.18. The molecule has 1 N–H and O–H groups in total. The van der Waals surface area contributed by atoms with Crippen molar-refractivity contribution in [3.05, 3.63) is 16.8 Å². The maximum absolute atomic E-state index is 11.7. The number of rotatable bonds is 4. The van der Waals surface area contributed by atoms with Gasteiger partial charge in [-0.15, -0.1) is 11.3 Å². The fourth-order valence-corrected chi connectivity index (χ4v) is 4.15. The van der Waals surface area contributed by atoms with E-state index < -0.39 is 12.0 Å². The van der Waals surface area contributed by atoms with E-state index in [2.05, 4.69) is 26.9 Å². The SMILES string of the molecule is CCOC(=O)NC(=O)COc1ncnc2sc3c(c12)CCC(C)C3. The Morgan fingerprint density at radius 1 is 1.42 bits per heavy atom. The summed E-state index contributed by atoms with van der Waals surface area (Å²) in [6.07, 6.45) is 3.79. The van der Waals surface area contributed by atoms with Crippen molar-refractivity contribution in [1.82, 2.24) is 15.3 Å². The lowest BCUT2D eigenvalue weighted by atomic mass is 9.89. The second kappa shape index (κ2) is 7.12. The third kappa shape index (κ3) is 3.48. The largest absolute Gasteiger partial charge is 0.467 e.